The van der Waals surface area contributed by atoms with Gasteiger partial charge >= 0.3 is 0 Å². The van der Waals surface area contributed by atoms with Gasteiger partial charge in [-0.2, -0.15) is 0 Å². The maximum Gasteiger partial charge on any atom is 0.251 e. The number of hydrogen-bond donors (Lipinski definition) is 2. The van der Waals surface area contributed by atoms with Gasteiger partial charge in [-0.1, -0.05) is 12.1 Å². The first-order valence-electron chi connectivity index (χ1n) is 12.4. The number of para-hydroxylation sites is 1. The summed E-state index contributed by atoms with van der Waals surface area (Å²) in [7, 11) is 3.73. The van der Waals surface area contributed by atoms with Gasteiger partial charge in [0.15, 0.2) is 11.5 Å². The average Bonchev–Trinajstić information content (AvgIpc) is 2.92. The van der Waals surface area contributed by atoms with Crippen molar-refractivity contribution >= 4 is 17.3 Å². The molecule has 3 aromatic rings. The van der Waals surface area contributed by atoms with E-state index in [1.807, 2.05) is 54.6 Å². The Balaban J connectivity index is 1.29. The Morgan fingerprint density at radius 1 is 1.08 bits per heavy atom. The van der Waals surface area contributed by atoms with E-state index < -0.39 is 0 Å². The van der Waals surface area contributed by atoms with Gasteiger partial charge in [-0.3, -0.25) is 4.79 Å². The number of fused-ring (bicyclic) bond motifs is 1. The topological polar surface area (TPSA) is 85.0 Å². The molecule has 1 fully saturated rings. The molecule has 2 aliphatic heterocycles. The summed E-state index contributed by atoms with van der Waals surface area (Å²) < 4.78 is 17.1. The van der Waals surface area contributed by atoms with Crippen LogP contribution >= 0.6 is 0 Å². The number of carbonyl (C=O) groups excluding carboxylic acids is 1. The summed E-state index contributed by atoms with van der Waals surface area (Å²) in [6.45, 7) is 3.92. The van der Waals surface area contributed by atoms with E-state index in [-0.39, 0.29) is 5.91 Å². The van der Waals surface area contributed by atoms with Crippen LogP contribution in [0.1, 0.15) is 23.2 Å². The van der Waals surface area contributed by atoms with E-state index in [4.69, 9.17) is 19.2 Å². The number of hydrogen-bond acceptors (Lipinski definition) is 7. The minimum atomic E-state index is -0.0610. The Bertz CT molecular complexity index is 1220. The van der Waals surface area contributed by atoms with Gasteiger partial charge in [-0.05, 0) is 81.4 Å². The molecule has 0 aliphatic carbocycles. The van der Waals surface area contributed by atoms with Crippen molar-refractivity contribution in [3.05, 3.63) is 60.2 Å². The zero-order valence-electron chi connectivity index (χ0n) is 20.8. The largest absolute Gasteiger partial charge is 0.486 e. The van der Waals surface area contributed by atoms with Crippen molar-refractivity contribution in [2.45, 2.75) is 12.8 Å². The van der Waals surface area contributed by atoms with Crippen molar-refractivity contribution < 1.29 is 19.0 Å². The molecule has 0 unspecified atom stereocenters. The lowest BCUT2D eigenvalue weighted by Gasteiger charge is -2.28. The van der Waals surface area contributed by atoms with Gasteiger partial charge < -0.3 is 29.7 Å². The number of rotatable bonds is 7. The third kappa shape index (κ3) is 5.39. The monoisotopic (exact) mass is 488 g/mol. The van der Waals surface area contributed by atoms with Crippen LogP contribution in [0.4, 0.5) is 11.4 Å². The Labute approximate surface area is 211 Å². The van der Waals surface area contributed by atoms with Crippen molar-refractivity contribution in [2.75, 3.05) is 52.3 Å². The Hall–Kier alpha value is -3.78. The lowest BCUT2D eigenvalue weighted by Crippen LogP contribution is -2.36. The molecule has 8 heteroatoms. The van der Waals surface area contributed by atoms with Crippen molar-refractivity contribution in [2.24, 2.45) is 5.92 Å². The lowest BCUT2D eigenvalue weighted by atomic mass is 9.97. The molecule has 5 rings (SSSR count). The molecular weight excluding hydrogens is 456 g/mol. The van der Waals surface area contributed by atoms with E-state index in [1.165, 1.54) is 0 Å². The van der Waals surface area contributed by atoms with Crippen LogP contribution in [0.15, 0.2) is 54.6 Å². The molecular formula is C28H32N4O4. The number of carbonyl (C=O) groups is 1. The van der Waals surface area contributed by atoms with Crippen LogP contribution < -0.4 is 24.8 Å². The molecule has 0 radical (unpaired) electrons. The number of nitrogens with one attached hydrogen (secondary N) is 2. The van der Waals surface area contributed by atoms with Crippen LogP contribution in [0.3, 0.4) is 0 Å². The number of anilines is 2. The smallest absolute Gasteiger partial charge is 0.251 e. The highest BCUT2D eigenvalue weighted by atomic mass is 16.6. The summed E-state index contributed by atoms with van der Waals surface area (Å²) in [5, 5.41) is 6.44. The maximum absolute atomic E-state index is 12.8. The quantitative estimate of drug-likeness (QED) is 0.512. The number of amides is 1. The van der Waals surface area contributed by atoms with Crippen molar-refractivity contribution in [1.82, 2.24) is 15.2 Å². The Kier molecular flexibility index (Phi) is 7.23. The minimum absolute atomic E-state index is 0.0610. The van der Waals surface area contributed by atoms with E-state index in [0.717, 1.165) is 42.9 Å². The van der Waals surface area contributed by atoms with Crippen molar-refractivity contribution in [3.63, 3.8) is 0 Å². The number of likely N-dealkylation sites (tertiary alicyclic amines) is 1. The van der Waals surface area contributed by atoms with Crippen LogP contribution in [0.2, 0.25) is 0 Å². The molecule has 188 valence electrons. The summed E-state index contributed by atoms with van der Waals surface area (Å²) in [4.78, 5) is 19.8. The molecule has 2 N–H and O–H groups in total. The van der Waals surface area contributed by atoms with Crippen LogP contribution in [0.25, 0.3) is 11.3 Å². The molecule has 0 spiro atoms. The molecule has 0 saturated carbocycles. The summed E-state index contributed by atoms with van der Waals surface area (Å²) >= 11 is 0. The standard InChI is InChI=1S/C28H32N4O4/c1-32-13-11-19(12-14-32)18-29-27(33)20-5-3-6-21(17-20)30-24-10-9-23(31-28(24)34-2)22-7-4-8-25-26(22)36-16-15-35-25/h3-10,17,19,30H,11-16,18H2,1-2H3,(H,29,33). The molecule has 0 bridgehead atoms. The fraction of sp³-hybridized carbons (Fsp3) is 0.357. The van der Waals surface area contributed by atoms with Crippen LogP contribution in [0, 0.1) is 5.92 Å². The molecule has 0 atom stereocenters. The third-order valence-electron chi connectivity index (χ3n) is 6.69. The molecule has 1 saturated heterocycles. The fourth-order valence-electron chi connectivity index (χ4n) is 4.62. The van der Waals surface area contributed by atoms with Gasteiger partial charge in [0, 0.05) is 23.4 Å². The highest BCUT2D eigenvalue weighted by molar-refractivity contribution is 5.95. The van der Waals surface area contributed by atoms with Gasteiger partial charge in [0.25, 0.3) is 5.91 Å². The minimum Gasteiger partial charge on any atom is -0.486 e. The maximum atomic E-state index is 12.8. The highest BCUT2D eigenvalue weighted by Crippen LogP contribution is 2.40. The molecule has 3 heterocycles. The molecule has 2 aromatic carbocycles. The summed E-state index contributed by atoms with van der Waals surface area (Å²) in [5.74, 6) is 2.33. The lowest BCUT2D eigenvalue weighted by molar-refractivity contribution is 0.0939. The second-order valence-corrected chi connectivity index (χ2v) is 9.25. The fourth-order valence-corrected chi connectivity index (χ4v) is 4.62. The van der Waals surface area contributed by atoms with E-state index in [0.29, 0.717) is 54.3 Å². The van der Waals surface area contributed by atoms with E-state index in [9.17, 15) is 4.79 Å². The van der Waals surface area contributed by atoms with Crippen molar-refractivity contribution in [3.8, 4) is 28.6 Å². The second kappa shape index (κ2) is 10.9. The van der Waals surface area contributed by atoms with Crippen molar-refractivity contribution in [1.29, 1.82) is 0 Å². The number of methoxy groups -OCH3 is 1. The first-order chi connectivity index (χ1) is 17.6. The highest BCUT2D eigenvalue weighted by Gasteiger charge is 2.20. The zero-order chi connectivity index (χ0) is 24.9. The van der Waals surface area contributed by atoms with Crippen LogP contribution in [-0.2, 0) is 0 Å². The van der Waals surface area contributed by atoms with E-state index in [2.05, 4.69) is 22.6 Å². The molecule has 2 aliphatic rings. The van der Waals surface area contributed by atoms with Crippen LogP contribution in [0.5, 0.6) is 17.4 Å². The number of benzene rings is 2. The molecule has 36 heavy (non-hydrogen) atoms. The van der Waals surface area contributed by atoms with E-state index >= 15 is 0 Å². The second-order valence-electron chi connectivity index (χ2n) is 9.25. The number of piperidine rings is 1. The Morgan fingerprint density at radius 2 is 1.89 bits per heavy atom. The first kappa shape index (κ1) is 23.9. The van der Waals surface area contributed by atoms with Gasteiger partial charge in [-0.15, -0.1) is 0 Å². The SMILES string of the molecule is COc1nc(-c2cccc3c2OCCO3)ccc1Nc1cccc(C(=O)NCC2CCN(C)CC2)c1. The number of nitrogens with zero attached hydrogens (tertiary/aromatic N) is 2. The summed E-state index contributed by atoms with van der Waals surface area (Å²) in [6.07, 6.45) is 2.23. The van der Waals surface area contributed by atoms with Crippen LogP contribution in [-0.4, -0.2) is 62.8 Å². The third-order valence-corrected chi connectivity index (χ3v) is 6.69. The predicted octanol–water partition coefficient (Wildman–Crippen LogP) is 4.34. The molecule has 8 nitrogen and oxygen atoms in total. The van der Waals surface area contributed by atoms with Gasteiger partial charge in [0.2, 0.25) is 5.88 Å². The van der Waals surface area contributed by atoms with E-state index in [1.54, 1.807) is 7.11 Å². The van der Waals surface area contributed by atoms with Gasteiger partial charge in [0.1, 0.15) is 18.9 Å². The van der Waals surface area contributed by atoms with Gasteiger partial charge in [0.05, 0.1) is 12.8 Å². The number of aromatic nitrogens is 1. The van der Waals surface area contributed by atoms with Gasteiger partial charge in [-0.25, -0.2) is 4.98 Å². The number of ether oxygens (including phenoxy) is 3. The zero-order valence-corrected chi connectivity index (χ0v) is 20.8. The normalized spacial score (nSPS) is 15.8. The predicted molar refractivity (Wildman–Crippen MR) is 139 cm³/mol. The summed E-state index contributed by atoms with van der Waals surface area (Å²) in [5.41, 5.74) is 3.67. The molecule has 1 amide bonds. The Morgan fingerprint density at radius 3 is 2.72 bits per heavy atom. The summed E-state index contributed by atoms with van der Waals surface area (Å²) in [6, 6.07) is 17.1. The molecule has 1 aromatic heterocycles. The average molecular weight is 489 g/mol. The first-order valence-corrected chi connectivity index (χ1v) is 12.4. The number of pyridine rings is 1.